The molecule has 0 amide bonds. The summed E-state index contributed by atoms with van der Waals surface area (Å²) in [7, 11) is 1.77. The highest BCUT2D eigenvalue weighted by Crippen LogP contribution is 2.08. The number of nitrogens with one attached hydrogen (secondary N) is 1. The van der Waals surface area contributed by atoms with Crippen molar-refractivity contribution >= 4 is 11.6 Å². The van der Waals surface area contributed by atoms with E-state index in [2.05, 4.69) is 5.10 Å². The van der Waals surface area contributed by atoms with Crippen molar-refractivity contribution in [1.29, 1.82) is 0 Å². The van der Waals surface area contributed by atoms with Gasteiger partial charge in [0.2, 0.25) is 0 Å². The third-order valence-electron chi connectivity index (χ3n) is 1.46. The van der Waals surface area contributed by atoms with Crippen molar-refractivity contribution in [2.75, 3.05) is 0 Å². The number of halogens is 1. The van der Waals surface area contributed by atoms with Crippen molar-refractivity contribution in [3.8, 4) is 0 Å². The van der Waals surface area contributed by atoms with Gasteiger partial charge < -0.3 is 0 Å². The van der Waals surface area contributed by atoms with E-state index < -0.39 is 0 Å². The molecule has 1 aromatic heterocycles. The Morgan fingerprint density at radius 3 is 2.50 bits per heavy atom. The molecule has 0 spiro atoms. The van der Waals surface area contributed by atoms with Gasteiger partial charge in [0.25, 0.3) is 5.56 Å². The third kappa shape index (κ3) is 0.968. The topological polar surface area (TPSA) is 37.8 Å². The van der Waals surface area contributed by atoms with Gasteiger partial charge in [-0.25, -0.2) is 0 Å². The van der Waals surface area contributed by atoms with Crippen LogP contribution >= 0.6 is 11.6 Å². The molecular weight excluding hydrogens is 152 g/mol. The van der Waals surface area contributed by atoms with Crippen LogP contribution in [0.3, 0.4) is 0 Å². The Bertz CT molecular complexity index is 286. The van der Waals surface area contributed by atoms with Crippen LogP contribution in [0, 0.1) is 0 Å². The maximum atomic E-state index is 10.8. The van der Waals surface area contributed by atoms with Gasteiger partial charge in [-0.05, 0) is 6.42 Å². The molecule has 1 aromatic rings. The first-order valence-electron chi connectivity index (χ1n) is 3.10. The molecular formula is C6H9ClN2O. The molecule has 0 radical (unpaired) electrons. The molecule has 4 heteroatoms. The van der Waals surface area contributed by atoms with Crippen molar-refractivity contribution in [1.82, 2.24) is 9.78 Å². The number of aromatic nitrogens is 2. The Morgan fingerprint density at radius 1 is 1.70 bits per heavy atom. The van der Waals surface area contributed by atoms with Crippen molar-refractivity contribution in [3.63, 3.8) is 0 Å². The molecule has 3 nitrogen and oxygen atoms in total. The number of hydrogen-bond acceptors (Lipinski definition) is 1. The van der Waals surface area contributed by atoms with Crippen LogP contribution in [-0.4, -0.2) is 9.78 Å². The molecule has 0 saturated carbocycles. The molecule has 0 bridgehead atoms. The summed E-state index contributed by atoms with van der Waals surface area (Å²) >= 11 is 5.65. The van der Waals surface area contributed by atoms with Crippen LogP contribution < -0.4 is 5.56 Å². The third-order valence-corrected chi connectivity index (χ3v) is 1.85. The SMILES string of the molecule is CCc1c(Cl)c(=O)[nH]n1C. The van der Waals surface area contributed by atoms with Gasteiger partial charge in [-0.15, -0.1) is 0 Å². The fourth-order valence-electron chi connectivity index (χ4n) is 0.940. The predicted octanol–water partition coefficient (Wildman–Crippen LogP) is 0.929. The lowest BCUT2D eigenvalue weighted by atomic mass is 10.3. The van der Waals surface area contributed by atoms with E-state index in [1.54, 1.807) is 11.7 Å². The zero-order chi connectivity index (χ0) is 7.72. The maximum Gasteiger partial charge on any atom is 0.283 e. The Labute approximate surface area is 63.6 Å². The van der Waals surface area contributed by atoms with Gasteiger partial charge in [0.05, 0.1) is 5.69 Å². The first-order chi connectivity index (χ1) is 4.66. The molecule has 0 aliphatic carbocycles. The lowest BCUT2D eigenvalue weighted by molar-refractivity contribution is 0.711. The molecule has 1 heterocycles. The number of rotatable bonds is 1. The van der Waals surface area contributed by atoms with Gasteiger partial charge in [-0.2, -0.15) is 0 Å². The summed E-state index contributed by atoms with van der Waals surface area (Å²) in [6.07, 6.45) is 0.772. The average Bonchev–Trinajstić information content (AvgIpc) is 2.09. The van der Waals surface area contributed by atoms with E-state index in [9.17, 15) is 4.79 Å². The molecule has 10 heavy (non-hydrogen) atoms. The molecule has 0 aromatic carbocycles. The normalized spacial score (nSPS) is 10.3. The Balaban J connectivity index is 3.34. The molecule has 0 unspecified atom stereocenters. The first-order valence-corrected chi connectivity index (χ1v) is 3.48. The quantitative estimate of drug-likeness (QED) is 0.652. The number of aromatic amines is 1. The van der Waals surface area contributed by atoms with Gasteiger partial charge in [-0.1, -0.05) is 18.5 Å². The van der Waals surface area contributed by atoms with Crippen molar-refractivity contribution in [3.05, 3.63) is 21.1 Å². The largest absolute Gasteiger partial charge is 0.291 e. The molecule has 1 N–H and O–H groups in total. The van der Waals surface area contributed by atoms with Crippen LogP contribution in [0.25, 0.3) is 0 Å². The Kier molecular flexibility index (Phi) is 1.85. The minimum Gasteiger partial charge on any atom is -0.291 e. The average molecular weight is 161 g/mol. The van der Waals surface area contributed by atoms with E-state index in [1.807, 2.05) is 6.92 Å². The van der Waals surface area contributed by atoms with Crippen LogP contribution in [0.15, 0.2) is 4.79 Å². The van der Waals surface area contributed by atoms with E-state index in [-0.39, 0.29) is 5.56 Å². The summed E-state index contributed by atoms with van der Waals surface area (Å²) in [5, 5.41) is 2.87. The summed E-state index contributed by atoms with van der Waals surface area (Å²) in [6.45, 7) is 1.95. The molecule has 1 rings (SSSR count). The highest BCUT2D eigenvalue weighted by molar-refractivity contribution is 6.31. The maximum absolute atomic E-state index is 10.8. The van der Waals surface area contributed by atoms with Crippen molar-refractivity contribution in [2.24, 2.45) is 7.05 Å². The smallest absolute Gasteiger partial charge is 0.283 e. The van der Waals surface area contributed by atoms with Crippen molar-refractivity contribution in [2.45, 2.75) is 13.3 Å². The highest BCUT2D eigenvalue weighted by atomic mass is 35.5. The van der Waals surface area contributed by atoms with Crippen LogP contribution in [0.5, 0.6) is 0 Å². The number of nitrogens with zero attached hydrogens (tertiary/aromatic N) is 1. The second-order valence-corrected chi connectivity index (χ2v) is 2.49. The molecule has 0 atom stereocenters. The lowest BCUT2D eigenvalue weighted by Gasteiger charge is -1.95. The summed E-state index contributed by atoms with van der Waals surface area (Å²) < 4.78 is 1.64. The van der Waals surface area contributed by atoms with Crippen molar-refractivity contribution < 1.29 is 0 Å². The fraction of sp³-hybridized carbons (Fsp3) is 0.500. The molecule has 0 aliphatic rings. The van der Waals surface area contributed by atoms with Gasteiger partial charge in [0.1, 0.15) is 5.02 Å². The predicted molar refractivity (Wildman–Crippen MR) is 40.4 cm³/mol. The van der Waals surface area contributed by atoms with Crippen LogP contribution in [-0.2, 0) is 13.5 Å². The molecule has 56 valence electrons. The summed E-state index contributed by atoms with van der Waals surface area (Å²) in [6, 6.07) is 0. The Morgan fingerprint density at radius 2 is 2.30 bits per heavy atom. The van der Waals surface area contributed by atoms with E-state index in [4.69, 9.17) is 11.6 Å². The minimum atomic E-state index is -0.207. The monoisotopic (exact) mass is 160 g/mol. The first kappa shape index (κ1) is 7.41. The number of hydrogen-bond donors (Lipinski definition) is 1. The summed E-state index contributed by atoms with van der Waals surface area (Å²) in [4.78, 5) is 10.8. The van der Waals surface area contributed by atoms with E-state index in [0.717, 1.165) is 12.1 Å². The van der Waals surface area contributed by atoms with E-state index in [0.29, 0.717) is 5.02 Å². The fourth-order valence-corrected chi connectivity index (χ4v) is 1.24. The van der Waals surface area contributed by atoms with Gasteiger partial charge in [-0.3, -0.25) is 14.6 Å². The second-order valence-electron chi connectivity index (χ2n) is 2.11. The van der Waals surface area contributed by atoms with E-state index >= 15 is 0 Å². The summed E-state index contributed by atoms with van der Waals surface area (Å²) in [5.74, 6) is 0. The lowest BCUT2D eigenvalue weighted by Crippen LogP contribution is -2.01. The highest BCUT2D eigenvalue weighted by Gasteiger charge is 2.06. The summed E-state index contributed by atoms with van der Waals surface area (Å²) in [5.41, 5.74) is 0.646. The second kappa shape index (κ2) is 2.50. The van der Waals surface area contributed by atoms with Gasteiger partial charge in [0.15, 0.2) is 0 Å². The van der Waals surface area contributed by atoms with Crippen LogP contribution in [0.1, 0.15) is 12.6 Å². The number of aryl methyl sites for hydroxylation is 1. The zero-order valence-corrected chi connectivity index (χ0v) is 6.70. The zero-order valence-electron chi connectivity index (χ0n) is 5.94. The number of H-pyrrole nitrogens is 1. The molecule has 0 saturated heterocycles. The van der Waals surface area contributed by atoms with Crippen LogP contribution in [0.4, 0.5) is 0 Å². The standard InChI is InChI=1S/C6H9ClN2O/c1-3-4-5(7)6(10)8-9(4)2/h3H2,1-2H3,(H,8,10). The molecule has 0 fully saturated rings. The van der Waals surface area contributed by atoms with Crippen LogP contribution in [0.2, 0.25) is 5.02 Å². The van der Waals surface area contributed by atoms with Gasteiger partial charge in [0, 0.05) is 7.05 Å². The van der Waals surface area contributed by atoms with Gasteiger partial charge >= 0.3 is 0 Å². The Hall–Kier alpha value is -0.700. The molecule has 0 aliphatic heterocycles. The minimum absolute atomic E-state index is 0.207. The van der Waals surface area contributed by atoms with E-state index in [1.165, 1.54) is 0 Å².